The first-order valence-electron chi connectivity index (χ1n) is 6.56. The van der Waals surface area contributed by atoms with E-state index < -0.39 is 11.9 Å². The van der Waals surface area contributed by atoms with E-state index >= 15 is 0 Å². The predicted octanol–water partition coefficient (Wildman–Crippen LogP) is 2.46. The van der Waals surface area contributed by atoms with Crippen molar-refractivity contribution >= 4 is 11.7 Å². The SMILES string of the molecule is CCOc1ccc(NC(=O)N(C)CCC(C)O)cc1F. The number of rotatable bonds is 6. The zero-order chi connectivity index (χ0) is 15.1. The van der Waals surface area contributed by atoms with Gasteiger partial charge in [-0.25, -0.2) is 9.18 Å². The van der Waals surface area contributed by atoms with Gasteiger partial charge in [0, 0.05) is 25.3 Å². The first-order valence-corrected chi connectivity index (χ1v) is 6.56. The Bertz CT molecular complexity index is 452. The fourth-order valence-corrected chi connectivity index (χ4v) is 1.55. The molecule has 2 amide bonds. The fraction of sp³-hybridized carbons (Fsp3) is 0.500. The van der Waals surface area contributed by atoms with Gasteiger partial charge in [0.15, 0.2) is 11.6 Å². The van der Waals surface area contributed by atoms with Crippen molar-refractivity contribution in [1.82, 2.24) is 4.90 Å². The minimum absolute atomic E-state index is 0.160. The summed E-state index contributed by atoms with van der Waals surface area (Å²) in [7, 11) is 1.61. The smallest absolute Gasteiger partial charge is 0.321 e. The predicted molar refractivity (Wildman–Crippen MR) is 75.5 cm³/mol. The number of aliphatic hydroxyl groups excluding tert-OH is 1. The molecule has 0 spiro atoms. The van der Waals surface area contributed by atoms with Crippen LogP contribution in [0.3, 0.4) is 0 Å². The van der Waals surface area contributed by atoms with Crippen LogP contribution >= 0.6 is 0 Å². The fourth-order valence-electron chi connectivity index (χ4n) is 1.55. The average molecular weight is 284 g/mol. The highest BCUT2D eigenvalue weighted by molar-refractivity contribution is 5.89. The molecule has 5 nitrogen and oxygen atoms in total. The largest absolute Gasteiger partial charge is 0.491 e. The molecule has 0 radical (unpaired) electrons. The van der Waals surface area contributed by atoms with Crippen molar-refractivity contribution in [3.63, 3.8) is 0 Å². The van der Waals surface area contributed by atoms with E-state index in [1.807, 2.05) is 0 Å². The number of anilines is 1. The molecule has 0 aromatic heterocycles. The lowest BCUT2D eigenvalue weighted by Crippen LogP contribution is -2.33. The third-order valence-electron chi connectivity index (χ3n) is 2.71. The summed E-state index contributed by atoms with van der Waals surface area (Å²) in [4.78, 5) is 13.3. The second-order valence-corrected chi connectivity index (χ2v) is 4.57. The van der Waals surface area contributed by atoms with Gasteiger partial charge in [-0.1, -0.05) is 0 Å². The van der Waals surface area contributed by atoms with Crippen molar-refractivity contribution in [2.24, 2.45) is 0 Å². The number of halogens is 1. The molecule has 2 N–H and O–H groups in total. The molecule has 1 unspecified atom stereocenters. The van der Waals surface area contributed by atoms with Gasteiger partial charge in [0.2, 0.25) is 0 Å². The topological polar surface area (TPSA) is 61.8 Å². The highest BCUT2D eigenvalue weighted by Crippen LogP contribution is 2.21. The lowest BCUT2D eigenvalue weighted by atomic mass is 10.2. The molecule has 20 heavy (non-hydrogen) atoms. The van der Waals surface area contributed by atoms with Crippen LogP contribution in [0.2, 0.25) is 0 Å². The molecular weight excluding hydrogens is 263 g/mol. The maximum atomic E-state index is 13.6. The third kappa shape index (κ3) is 5.05. The van der Waals surface area contributed by atoms with E-state index in [0.717, 1.165) is 0 Å². The van der Waals surface area contributed by atoms with E-state index in [9.17, 15) is 9.18 Å². The maximum Gasteiger partial charge on any atom is 0.321 e. The van der Waals surface area contributed by atoms with Gasteiger partial charge >= 0.3 is 6.03 Å². The van der Waals surface area contributed by atoms with Gasteiger partial charge in [0.05, 0.1) is 12.7 Å². The van der Waals surface area contributed by atoms with Gasteiger partial charge in [0.25, 0.3) is 0 Å². The number of urea groups is 1. The zero-order valence-corrected chi connectivity index (χ0v) is 12.0. The van der Waals surface area contributed by atoms with Crippen molar-refractivity contribution < 1.29 is 19.0 Å². The number of ether oxygens (including phenoxy) is 1. The van der Waals surface area contributed by atoms with Gasteiger partial charge in [-0.2, -0.15) is 0 Å². The molecule has 0 heterocycles. The van der Waals surface area contributed by atoms with Crippen molar-refractivity contribution in [2.45, 2.75) is 26.4 Å². The number of aliphatic hydroxyl groups is 1. The number of nitrogens with zero attached hydrogens (tertiary/aromatic N) is 1. The number of hydrogen-bond acceptors (Lipinski definition) is 3. The van der Waals surface area contributed by atoms with Gasteiger partial charge in [0.1, 0.15) is 0 Å². The molecule has 0 saturated carbocycles. The third-order valence-corrected chi connectivity index (χ3v) is 2.71. The van der Waals surface area contributed by atoms with Gasteiger partial charge in [-0.3, -0.25) is 0 Å². The van der Waals surface area contributed by atoms with Crippen LogP contribution in [-0.2, 0) is 0 Å². The Morgan fingerprint density at radius 3 is 2.80 bits per heavy atom. The second kappa shape index (κ2) is 7.69. The molecule has 1 atom stereocenters. The highest BCUT2D eigenvalue weighted by atomic mass is 19.1. The standard InChI is InChI=1S/C14H21FN2O3/c1-4-20-13-6-5-11(9-12(13)15)16-14(19)17(3)8-7-10(2)18/h5-6,9-10,18H,4,7-8H2,1-3H3,(H,16,19). The molecule has 0 aliphatic heterocycles. The van der Waals surface area contributed by atoms with Crippen LogP contribution in [-0.4, -0.2) is 42.3 Å². The number of benzene rings is 1. The van der Waals surface area contributed by atoms with E-state index in [1.165, 1.54) is 17.0 Å². The Balaban J connectivity index is 2.59. The Hall–Kier alpha value is -1.82. The lowest BCUT2D eigenvalue weighted by molar-refractivity contribution is 0.167. The molecule has 0 aliphatic carbocycles. The quantitative estimate of drug-likeness (QED) is 0.843. The number of carbonyl (C=O) groups is 1. The summed E-state index contributed by atoms with van der Waals surface area (Å²) >= 11 is 0. The van der Waals surface area contributed by atoms with E-state index in [2.05, 4.69) is 5.32 Å². The van der Waals surface area contributed by atoms with E-state index in [4.69, 9.17) is 9.84 Å². The first kappa shape index (κ1) is 16.2. The Morgan fingerprint density at radius 1 is 1.55 bits per heavy atom. The van der Waals surface area contributed by atoms with Gasteiger partial charge in [-0.15, -0.1) is 0 Å². The Morgan fingerprint density at radius 2 is 2.25 bits per heavy atom. The molecule has 0 fully saturated rings. The first-order chi connectivity index (χ1) is 9.43. The lowest BCUT2D eigenvalue weighted by Gasteiger charge is -2.19. The summed E-state index contributed by atoms with van der Waals surface area (Å²) in [5.41, 5.74) is 0.361. The minimum Gasteiger partial charge on any atom is -0.491 e. The van der Waals surface area contributed by atoms with Crippen LogP contribution in [0.15, 0.2) is 18.2 Å². The molecule has 1 aromatic rings. The number of carbonyl (C=O) groups excluding carboxylic acids is 1. The normalized spacial score (nSPS) is 11.8. The number of nitrogens with one attached hydrogen (secondary N) is 1. The summed E-state index contributed by atoms with van der Waals surface area (Å²) in [5, 5.41) is 11.8. The molecule has 1 rings (SSSR count). The van der Waals surface area contributed by atoms with Crippen LogP contribution in [0.4, 0.5) is 14.9 Å². The summed E-state index contributed by atoms with van der Waals surface area (Å²) in [6.07, 6.45) is 0.0230. The van der Waals surface area contributed by atoms with Gasteiger partial charge in [-0.05, 0) is 32.4 Å². The summed E-state index contributed by atoms with van der Waals surface area (Å²) < 4.78 is 18.7. The Labute approximate surface area is 118 Å². The van der Waals surface area contributed by atoms with Crippen LogP contribution < -0.4 is 10.1 Å². The molecule has 112 valence electrons. The van der Waals surface area contributed by atoms with Crippen LogP contribution in [0.1, 0.15) is 20.3 Å². The summed E-state index contributed by atoms with van der Waals surface area (Å²) in [6, 6.07) is 3.92. The molecule has 0 aliphatic rings. The summed E-state index contributed by atoms with van der Waals surface area (Å²) in [6.45, 7) is 4.23. The molecule has 0 saturated heterocycles. The second-order valence-electron chi connectivity index (χ2n) is 4.57. The monoisotopic (exact) mass is 284 g/mol. The molecule has 1 aromatic carbocycles. The van der Waals surface area contributed by atoms with Crippen molar-refractivity contribution in [1.29, 1.82) is 0 Å². The van der Waals surface area contributed by atoms with Crippen molar-refractivity contribution in [3.05, 3.63) is 24.0 Å². The van der Waals surface area contributed by atoms with Crippen LogP contribution in [0.5, 0.6) is 5.75 Å². The minimum atomic E-state index is -0.517. The van der Waals surface area contributed by atoms with Gasteiger partial charge < -0.3 is 20.1 Å². The van der Waals surface area contributed by atoms with E-state index in [0.29, 0.717) is 25.3 Å². The van der Waals surface area contributed by atoms with Crippen LogP contribution in [0, 0.1) is 5.82 Å². The van der Waals surface area contributed by atoms with Crippen molar-refractivity contribution in [3.8, 4) is 5.75 Å². The molecular formula is C14H21FN2O3. The van der Waals surface area contributed by atoms with Crippen LogP contribution in [0.25, 0.3) is 0 Å². The summed E-state index contributed by atoms with van der Waals surface area (Å²) in [5.74, 6) is -0.357. The highest BCUT2D eigenvalue weighted by Gasteiger charge is 2.11. The van der Waals surface area contributed by atoms with E-state index in [-0.39, 0.29) is 11.8 Å². The maximum absolute atomic E-state index is 13.6. The van der Waals surface area contributed by atoms with Crippen molar-refractivity contribution in [2.75, 3.05) is 25.5 Å². The number of amides is 2. The number of hydrogen-bond donors (Lipinski definition) is 2. The Kier molecular flexibility index (Phi) is 6.24. The zero-order valence-electron chi connectivity index (χ0n) is 12.0. The average Bonchev–Trinajstić information content (AvgIpc) is 2.39. The van der Waals surface area contributed by atoms with E-state index in [1.54, 1.807) is 27.0 Å². The molecule has 6 heteroatoms. The molecule has 0 bridgehead atoms.